The van der Waals surface area contributed by atoms with Gasteiger partial charge >= 0.3 is 0 Å². The van der Waals surface area contributed by atoms with Gasteiger partial charge in [-0.05, 0) is 30.5 Å². The van der Waals surface area contributed by atoms with Crippen molar-refractivity contribution in [1.82, 2.24) is 14.9 Å². The Bertz CT molecular complexity index is 749. The van der Waals surface area contributed by atoms with Crippen LogP contribution in [0.2, 0.25) is 5.02 Å². The molecule has 25 heavy (non-hydrogen) atoms. The van der Waals surface area contributed by atoms with E-state index in [2.05, 4.69) is 10.3 Å². The lowest BCUT2D eigenvalue weighted by molar-refractivity contribution is -0.00404. The molecule has 4 rings (SSSR count). The molecule has 0 amide bonds. The minimum Gasteiger partial charge on any atom is -0.486 e. The summed E-state index contributed by atoms with van der Waals surface area (Å²) >= 11 is 6.31. The normalized spacial score (nSPS) is 22.8. The number of imidazole rings is 1. The van der Waals surface area contributed by atoms with Gasteiger partial charge in [0, 0.05) is 26.2 Å². The van der Waals surface area contributed by atoms with Crippen molar-refractivity contribution in [3.63, 3.8) is 0 Å². The van der Waals surface area contributed by atoms with Crippen LogP contribution in [0.3, 0.4) is 0 Å². The SMILES string of the molecule is Cn1cncc1C1CC(NCc2cc(Cl)c3c(c2)OCCO3)CCO1. The Labute approximate surface area is 152 Å². The molecule has 6 nitrogen and oxygen atoms in total. The fraction of sp³-hybridized carbons (Fsp3) is 0.500. The van der Waals surface area contributed by atoms with Crippen molar-refractivity contribution in [2.45, 2.75) is 31.5 Å². The maximum atomic E-state index is 6.31. The van der Waals surface area contributed by atoms with E-state index in [-0.39, 0.29) is 6.10 Å². The molecule has 0 radical (unpaired) electrons. The number of hydrogen-bond acceptors (Lipinski definition) is 5. The van der Waals surface area contributed by atoms with Crippen LogP contribution in [-0.4, -0.2) is 35.4 Å². The predicted molar refractivity (Wildman–Crippen MR) is 94.2 cm³/mol. The van der Waals surface area contributed by atoms with E-state index in [1.807, 2.05) is 36.3 Å². The number of nitrogens with zero attached hydrogens (tertiary/aromatic N) is 2. The fourth-order valence-corrected chi connectivity index (χ4v) is 3.68. The second-order valence-corrected chi connectivity index (χ2v) is 6.90. The van der Waals surface area contributed by atoms with Gasteiger partial charge in [-0.15, -0.1) is 0 Å². The largest absolute Gasteiger partial charge is 0.486 e. The highest BCUT2D eigenvalue weighted by Crippen LogP contribution is 2.38. The highest BCUT2D eigenvalue weighted by Gasteiger charge is 2.25. The number of halogens is 1. The topological polar surface area (TPSA) is 57.5 Å². The van der Waals surface area contributed by atoms with Crippen molar-refractivity contribution in [3.8, 4) is 11.5 Å². The molecule has 0 bridgehead atoms. The van der Waals surface area contributed by atoms with Crippen LogP contribution >= 0.6 is 11.6 Å². The second-order valence-electron chi connectivity index (χ2n) is 6.49. The van der Waals surface area contributed by atoms with Gasteiger partial charge in [0.2, 0.25) is 0 Å². The fourth-order valence-electron chi connectivity index (χ4n) is 3.39. The van der Waals surface area contributed by atoms with Gasteiger partial charge in [-0.2, -0.15) is 0 Å². The van der Waals surface area contributed by atoms with E-state index in [9.17, 15) is 0 Å². The standard InChI is InChI=1S/C18H22ClN3O3/c1-22-11-20-10-15(22)16-8-13(2-3-23-16)21-9-12-6-14(19)18-17(7-12)24-4-5-25-18/h6-7,10-11,13,16,21H,2-5,8-9H2,1H3. The van der Waals surface area contributed by atoms with Crippen molar-refractivity contribution >= 4 is 11.6 Å². The average Bonchev–Trinajstić information content (AvgIpc) is 3.06. The lowest BCUT2D eigenvalue weighted by atomic mass is 10.0. The van der Waals surface area contributed by atoms with Gasteiger partial charge in [0.15, 0.2) is 11.5 Å². The zero-order valence-corrected chi connectivity index (χ0v) is 15.0. The van der Waals surface area contributed by atoms with E-state index in [1.54, 1.807) is 0 Å². The van der Waals surface area contributed by atoms with E-state index in [0.29, 0.717) is 30.0 Å². The first-order valence-corrected chi connectivity index (χ1v) is 8.97. The van der Waals surface area contributed by atoms with Crippen LogP contribution in [0, 0.1) is 0 Å². The minimum atomic E-state index is 0.0857. The van der Waals surface area contributed by atoms with Crippen molar-refractivity contribution in [2.24, 2.45) is 7.05 Å². The number of nitrogens with one attached hydrogen (secondary N) is 1. The molecule has 1 fully saturated rings. The summed E-state index contributed by atoms with van der Waals surface area (Å²) in [6.45, 7) is 2.59. The molecule has 0 spiro atoms. The van der Waals surface area contributed by atoms with E-state index < -0.39 is 0 Å². The average molecular weight is 364 g/mol. The molecule has 1 aromatic heterocycles. The van der Waals surface area contributed by atoms with E-state index >= 15 is 0 Å². The van der Waals surface area contributed by atoms with Crippen molar-refractivity contribution < 1.29 is 14.2 Å². The third-order valence-electron chi connectivity index (χ3n) is 4.72. The van der Waals surface area contributed by atoms with Crippen LogP contribution < -0.4 is 14.8 Å². The van der Waals surface area contributed by atoms with Crippen molar-refractivity contribution in [1.29, 1.82) is 0 Å². The molecule has 0 aliphatic carbocycles. The molecule has 0 saturated carbocycles. The third-order valence-corrected chi connectivity index (χ3v) is 5.00. The molecule has 1 N–H and O–H groups in total. The molecule has 1 aromatic carbocycles. The summed E-state index contributed by atoms with van der Waals surface area (Å²) in [6, 6.07) is 4.34. The van der Waals surface area contributed by atoms with Gasteiger partial charge in [-0.3, -0.25) is 0 Å². The number of aromatic nitrogens is 2. The first-order chi connectivity index (χ1) is 12.2. The van der Waals surface area contributed by atoms with Gasteiger partial charge in [0.05, 0.1) is 23.2 Å². The van der Waals surface area contributed by atoms with Crippen LogP contribution in [-0.2, 0) is 18.3 Å². The molecule has 134 valence electrons. The molecular formula is C18H22ClN3O3. The highest BCUT2D eigenvalue weighted by atomic mass is 35.5. The summed E-state index contributed by atoms with van der Waals surface area (Å²) in [4.78, 5) is 4.19. The number of fused-ring (bicyclic) bond motifs is 1. The second kappa shape index (κ2) is 7.23. The molecular weight excluding hydrogens is 342 g/mol. The molecule has 2 aliphatic heterocycles. The quantitative estimate of drug-likeness (QED) is 0.905. The summed E-state index contributed by atoms with van der Waals surface area (Å²) in [5.41, 5.74) is 2.21. The van der Waals surface area contributed by atoms with Gasteiger partial charge in [-0.1, -0.05) is 11.6 Å². The molecule has 1 saturated heterocycles. The van der Waals surface area contributed by atoms with Crippen LogP contribution in [0.15, 0.2) is 24.7 Å². The monoisotopic (exact) mass is 363 g/mol. The Hall–Kier alpha value is -1.76. The first kappa shape index (κ1) is 16.7. The Morgan fingerprint density at radius 1 is 1.28 bits per heavy atom. The van der Waals surface area contributed by atoms with Crippen LogP contribution in [0.1, 0.15) is 30.2 Å². The number of rotatable bonds is 4. The molecule has 7 heteroatoms. The van der Waals surface area contributed by atoms with Crippen molar-refractivity contribution in [3.05, 3.63) is 40.9 Å². The summed E-state index contributed by atoms with van der Waals surface area (Å²) in [6.07, 6.45) is 5.70. The summed E-state index contributed by atoms with van der Waals surface area (Å²) in [5.74, 6) is 1.38. The van der Waals surface area contributed by atoms with Crippen LogP contribution in [0.5, 0.6) is 11.5 Å². The minimum absolute atomic E-state index is 0.0857. The Morgan fingerprint density at radius 3 is 3.00 bits per heavy atom. The van der Waals surface area contributed by atoms with Gasteiger partial charge in [0.25, 0.3) is 0 Å². The molecule has 2 aromatic rings. The lowest BCUT2D eigenvalue weighted by Crippen LogP contribution is -2.36. The zero-order chi connectivity index (χ0) is 17.2. The molecule has 3 heterocycles. The number of hydrogen-bond donors (Lipinski definition) is 1. The van der Waals surface area contributed by atoms with Crippen LogP contribution in [0.4, 0.5) is 0 Å². The molecule has 2 unspecified atom stereocenters. The summed E-state index contributed by atoms with van der Waals surface area (Å²) < 4.78 is 19.2. The summed E-state index contributed by atoms with van der Waals surface area (Å²) in [7, 11) is 2.00. The molecule has 2 atom stereocenters. The molecule has 2 aliphatic rings. The maximum Gasteiger partial charge on any atom is 0.179 e. The third kappa shape index (κ3) is 3.61. The van der Waals surface area contributed by atoms with E-state index in [4.69, 9.17) is 25.8 Å². The number of aryl methyl sites for hydroxylation is 1. The lowest BCUT2D eigenvalue weighted by Gasteiger charge is -2.30. The Morgan fingerprint density at radius 2 is 2.16 bits per heavy atom. The highest BCUT2D eigenvalue weighted by molar-refractivity contribution is 6.32. The maximum absolute atomic E-state index is 6.31. The van der Waals surface area contributed by atoms with E-state index in [0.717, 1.165) is 43.0 Å². The van der Waals surface area contributed by atoms with Gasteiger partial charge in [-0.25, -0.2) is 4.98 Å². The number of ether oxygens (including phenoxy) is 3. The Balaban J connectivity index is 1.40. The first-order valence-electron chi connectivity index (χ1n) is 8.60. The van der Waals surface area contributed by atoms with Gasteiger partial charge < -0.3 is 24.1 Å². The predicted octanol–water partition coefficient (Wildman–Crippen LogP) is 2.85. The van der Waals surface area contributed by atoms with Gasteiger partial charge in [0.1, 0.15) is 19.3 Å². The summed E-state index contributed by atoms with van der Waals surface area (Å²) in [5, 5.41) is 4.22. The Kier molecular flexibility index (Phi) is 4.83. The van der Waals surface area contributed by atoms with Crippen LogP contribution in [0.25, 0.3) is 0 Å². The van der Waals surface area contributed by atoms with Crippen molar-refractivity contribution in [2.75, 3.05) is 19.8 Å². The smallest absolute Gasteiger partial charge is 0.179 e. The number of benzene rings is 1. The zero-order valence-electron chi connectivity index (χ0n) is 14.2. The van der Waals surface area contributed by atoms with E-state index in [1.165, 1.54) is 0 Å².